The van der Waals surface area contributed by atoms with Crippen LogP contribution < -0.4 is 14.2 Å². The maximum atomic E-state index is 12.8. The Balaban J connectivity index is 1.56. The fourth-order valence-corrected chi connectivity index (χ4v) is 3.76. The summed E-state index contributed by atoms with van der Waals surface area (Å²) in [4.78, 5) is 52.9. The van der Waals surface area contributed by atoms with Gasteiger partial charge < -0.3 is 24.0 Å². The van der Waals surface area contributed by atoms with Crippen LogP contribution in [0.5, 0.6) is 17.2 Å². The molecule has 0 aliphatic carbocycles. The van der Waals surface area contributed by atoms with Gasteiger partial charge in [-0.2, -0.15) is 0 Å². The molecule has 0 unspecified atom stereocenters. The van der Waals surface area contributed by atoms with Crippen LogP contribution in [0.2, 0.25) is 0 Å². The van der Waals surface area contributed by atoms with Gasteiger partial charge in [0.2, 0.25) is 29.4 Å². The number of amides is 4. The summed E-state index contributed by atoms with van der Waals surface area (Å²) in [6, 6.07) is 3.48. The topological polar surface area (TPSA) is 106 Å². The molecular weight excluding hydrogens is 406 g/mol. The van der Waals surface area contributed by atoms with Crippen LogP contribution in [0.1, 0.15) is 18.4 Å². The predicted molar refractivity (Wildman–Crippen MR) is 109 cm³/mol. The van der Waals surface area contributed by atoms with E-state index in [1.54, 1.807) is 21.9 Å². The molecule has 31 heavy (non-hydrogen) atoms. The highest BCUT2D eigenvalue weighted by molar-refractivity contribution is 6.04. The minimum atomic E-state index is -0.308. The fourth-order valence-electron chi connectivity index (χ4n) is 3.76. The molecule has 0 aromatic heterocycles. The number of methoxy groups -OCH3 is 3. The van der Waals surface area contributed by atoms with Crippen molar-refractivity contribution in [2.24, 2.45) is 0 Å². The molecule has 1 aromatic carbocycles. The molecule has 0 N–H and O–H groups in total. The van der Waals surface area contributed by atoms with Gasteiger partial charge in [0.05, 0.1) is 27.8 Å². The highest BCUT2D eigenvalue weighted by Gasteiger charge is 2.33. The van der Waals surface area contributed by atoms with Crippen molar-refractivity contribution in [1.29, 1.82) is 0 Å². The Bertz CT molecular complexity index is 837. The highest BCUT2D eigenvalue weighted by atomic mass is 16.5. The average Bonchev–Trinajstić information content (AvgIpc) is 3.10. The third kappa shape index (κ3) is 4.89. The number of nitrogens with zero attached hydrogens (tertiary/aromatic N) is 3. The van der Waals surface area contributed by atoms with E-state index in [4.69, 9.17) is 14.2 Å². The van der Waals surface area contributed by atoms with Crippen molar-refractivity contribution in [3.8, 4) is 17.2 Å². The van der Waals surface area contributed by atoms with E-state index in [9.17, 15) is 19.2 Å². The van der Waals surface area contributed by atoms with Gasteiger partial charge in [-0.05, 0) is 17.7 Å². The first-order valence-corrected chi connectivity index (χ1v) is 10.1. The fraction of sp³-hybridized carbons (Fsp3) is 0.524. The van der Waals surface area contributed by atoms with Crippen LogP contribution in [0.4, 0.5) is 0 Å². The monoisotopic (exact) mass is 433 g/mol. The lowest BCUT2D eigenvalue weighted by atomic mass is 10.1. The summed E-state index contributed by atoms with van der Waals surface area (Å²) < 4.78 is 16.0. The lowest BCUT2D eigenvalue weighted by Crippen LogP contribution is -2.53. The Labute approximate surface area is 180 Å². The molecule has 4 amide bonds. The molecule has 2 heterocycles. The minimum Gasteiger partial charge on any atom is -0.493 e. The van der Waals surface area contributed by atoms with E-state index >= 15 is 0 Å². The van der Waals surface area contributed by atoms with Crippen molar-refractivity contribution in [3.63, 3.8) is 0 Å². The summed E-state index contributed by atoms with van der Waals surface area (Å²) in [5.74, 6) is 0.446. The number of likely N-dealkylation sites (tertiary alicyclic amines) is 1. The van der Waals surface area contributed by atoms with Crippen LogP contribution in [0.15, 0.2) is 12.1 Å². The second-order valence-electron chi connectivity index (χ2n) is 7.35. The van der Waals surface area contributed by atoms with Gasteiger partial charge in [0.25, 0.3) is 0 Å². The smallest absolute Gasteiger partial charge is 0.242 e. The number of carbonyl (C=O) groups excluding carboxylic acids is 4. The first-order chi connectivity index (χ1) is 14.9. The summed E-state index contributed by atoms with van der Waals surface area (Å²) in [5.41, 5.74) is 0.726. The van der Waals surface area contributed by atoms with Crippen molar-refractivity contribution in [1.82, 2.24) is 14.7 Å². The Morgan fingerprint density at radius 2 is 1.29 bits per heavy atom. The molecular formula is C21H27N3O7. The second-order valence-corrected chi connectivity index (χ2v) is 7.35. The second kappa shape index (κ2) is 9.67. The molecule has 168 valence electrons. The van der Waals surface area contributed by atoms with Gasteiger partial charge >= 0.3 is 0 Å². The maximum absolute atomic E-state index is 12.8. The van der Waals surface area contributed by atoms with E-state index in [1.807, 2.05) is 0 Å². The Morgan fingerprint density at radius 3 is 1.74 bits per heavy atom. The zero-order valence-corrected chi connectivity index (χ0v) is 18.0. The number of piperazine rings is 1. The number of benzene rings is 1. The summed E-state index contributed by atoms with van der Waals surface area (Å²) in [5, 5.41) is 0. The largest absolute Gasteiger partial charge is 0.493 e. The van der Waals surface area contributed by atoms with E-state index < -0.39 is 0 Å². The molecule has 0 bridgehead atoms. The summed E-state index contributed by atoms with van der Waals surface area (Å²) in [6.07, 6.45) is 0.478. The van der Waals surface area contributed by atoms with E-state index in [-0.39, 0.29) is 49.4 Å². The first-order valence-electron chi connectivity index (χ1n) is 10.1. The van der Waals surface area contributed by atoms with Gasteiger partial charge in [0, 0.05) is 39.0 Å². The van der Waals surface area contributed by atoms with Gasteiger partial charge in [-0.25, -0.2) is 0 Å². The van der Waals surface area contributed by atoms with Crippen molar-refractivity contribution in [3.05, 3.63) is 17.7 Å². The summed E-state index contributed by atoms with van der Waals surface area (Å²) in [6.45, 7) is 1.26. The number of rotatable bonds is 7. The lowest BCUT2D eigenvalue weighted by molar-refractivity contribution is -0.147. The lowest BCUT2D eigenvalue weighted by Gasteiger charge is -2.35. The predicted octanol–water partition coefficient (Wildman–Crippen LogP) is 0.0747. The van der Waals surface area contributed by atoms with Crippen molar-refractivity contribution < 1.29 is 33.4 Å². The molecule has 0 radical (unpaired) electrons. The van der Waals surface area contributed by atoms with Crippen LogP contribution in [0.3, 0.4) is 0 Å². The first kappa shape index (κ1) is 22.4. The van der Waals surface area contributed by atoms with E-state index in [2.05, 4.69) is 0 Å². The van der Waals surface area contributed by atoms with Gasteiger partial charge in [-0.1, -0.05) is 0 Å². The van der Waals surface area contributed by atoms with Crippen LogP contribution >= 0.6 is 0 Å². The summed E-state index contributed by atoms with van der Waals surface area (Å²) >= 11 is 0. The Hall–Kier alpha value is -3.30. The maximum Gasteiger partial charge on any atom is 0.242 e. The van der Waals surface area contributed by atoms with Gasteiger partial charge in [-0.15, -0.1) is 0 Å². The number of carbonyl (C=O) groups is 4. The Kier molecular flexibility index (Phi) is 6.98. The molecule has 2 saturated heterocycles. The number of hydrogen-bond donors (Lipinski definition) is 0. The van der Waals surface area contributed by atoms with Gasteiger partial charge in [0.15, 0.2) is 11.5 Å². The van der Waals surface area contributed by atoms with Crippen molar-refractivity contribution in [2.45, 2.75) is 19.3 Å². The highest BCUT2D eigenvalue weighted by Crippen LogP contribution is 2.38. The van der Waals surface area contributed by atoms with Crippen LogP contribution in [-0.4, -0.2) is 92.4 Å². The summed E-state index contributed by atoms with van der Waals surface area (Å²) in [7, 11) is 4.55. The van der Waals surface area contributed by atoms with E-state index in [0.717, 1.165) is 10.5 Å². The van der Waals surface area contributed by atoms with Gasteiger partial charge in [0.1, 0.15) is 6.54 Å². The minimum absolute atomic E-state index is 0.0775. The molecule has 10 nitrogen and oxygen atoms in total. The van der Waals surface area contributed by atoms with Crippen LogP contribution in [-0.2, 0) is 25.6 Å². The average molecular weight is 433 g/mol. The van der Waals surface area contributed by atoms with E-state index in [0.29, 0.717) is 43.4 Å². The normalized spacial score (nSPS) is 16.5. The standard InChI is InChI=1S/C21H27N3O7/c1-29-15-10-14(11-16(30-2)21(15)31-3)12-19(27)22-6-8-23(9-7-22)20(28)13-24-17(25)4-5-18(24)26/h10-11H,4-9,12-13H2,1-3H3. The van der Waals surface area contributed by atoms with E-state index in [1.165, 1.54) is 21.3 Å². The Morgan fingerprint density at radius 1 is 0.806 bits per heavy atom. The zero-order chi connectivity index (χ0) is 22.5. The molecule has 10 heteroatoms. The van der Waals surface area contributed by atoms with Crippen molar-refractivity contribution >= 4 is 23.6 Å². The zero-order valence-electron chi connectivity index (χ0n) is 18.0. The molecule has 0 spiro atoms. The van der Waals surface area contributed by atoms with Gasteiger partial charge in [-0.3, -0.25) is 24.1 Å². The number of ether oxygens (including phenoxy) is 3. The third-order valence-corrected chi connectivity index (χ3v) is 5.51. The third-order valence-electron chi connectivity index (χ3n) is 5.51. The number of imide groups is 1. The molecule has 3 rings (SSSR count). The van der Waals surface area contributed by atoms with Crippen LogP contribution in [0.25, 0.3) is 0 Å². The SMILES string of the molecule is COc1cc(CC(=O)N2CCN(C(=O)CN3C(=O)CCC3=O)CC2)cc(OC)c1OC. The molecule has 1 aromatic rings. The molecule has 2 aliphatic rings. The quantitative estimate of drug-likeness (QED) is 0.561. The van der Waals surface area contributed by atoms with Crippen LogP contribution in [0, 0.1) is 0 Å². The number of hydrogen-bond acceptors (Lipinski definition) is 7. The molecule has 0 atom stereocenters. The molecule has 0 saturated carbocycles. The molecule has 2 aliphatic heterocycles. The molecule has 2 fully saturated rings. The van der Waals surface area contributed by atoms with Crippen molar-refractivity contribution in [2.75, 3.05) is 54.1 Å².